The Morgan fingerprint density at radius 2 is 2.00 bits per heavy atom. The van der Waals surface area contributed by atoms with E-state index in [2.05, 4.69) is 29.0 Å². The number of rotatable bonds is 4. The van der Waals surface area contributed by atoms with E-state index in [9.17, 15) is 4.79 Å². The fraction of sp³-hybridized carbons (Fsp3) is 0.391. The van der Waals surface area contributed by atoms with Gasteiger partial charge in [0.2, 0.25) is 0 Å². The Labute approximate surface area is 166 Å². The van der Waals surface area contributed by atoms with Crippen molar-refractivity contribution in [1.29, 1.82) is 0 Å². The topological polar surface area (TPSA) is 45.7 Å². The number of carbonyl (C=O) groups excluding carboxylic acids is 1. The molecule has 2 aliphatic heterocycles. The quantitative estimate of drug-likeness (QED) is 0.767. The molecule has 2 aliphatic rings. The van der Waals surface area contributed by atoms with Gasteiger partial charge in [0.1, 0.15) is 0 Å². The highest BCUT2D eigenvalue weighted by molar-refractivity contribution is 5.95. The third kappa shape index (κ3) is 4.49. The molecule has 1 fully saturated rings. The average Bonchev–Trinajstić information content (AvgIpc) is 2.75. The van der Waals surface area contributed by atoms with Crippen LogP contribution >= 0.6 is 0 Å². The molecule has 4 rings (SSSR count). The van der Waals surface area contributed by atoms with Crippen molar-refractivity contribution in [3.8, 4) is 11.3 Å². The molecule has 3 heterocycles. The summed E-state index contributed by atoms with van der Waals surface area (Å²) < 4.78 is 5.40. The molecule has 1 amide bonds. The number of aromatic nitrogens is 1. The molecule has 1 saturated heterocycles. The zero-order valence-corrected chi connectivity index (χ0v) is 16.4. The molecule has 0 unspecified atom stereocenters. The Morgan fingerprint density at radius 1 is 1.14 bits per heavy atom. The van der Waals surface area contributed by atoms with Crippen LogP contribution in [0.1, 0.15) is 29.3 Å². The van der Waals surface area contributed by atoms with Crippen molar-refractivity contribution < 1.29 is 9.53 Å². The number of carbonyl (C=O) groups is 1. The molecular formula is C23H27N3O2. The molecule has 1 aromatic carbocycles. The van der Waals surface area contributed by atoms with Crippen LogP contribution in [0.4, 0.5) is 0 Å². The van der Waals surface area contributed by atoms with E-state index in [0.717, 1.165) is 62.6 Å². The molecule has 2 aromatic rings. The van der Waals surface area contributed by atoms with E-state index in [-0.39, 0.29) is 5.91 Å². The van der Waals surface area contributed by atoms with Crippen LogP contribution in [0.3, 0.4) is 0 Å². The molecule has 0 saturated carbocycles. The fourth-order valence-electron chi connectivity index (χ4n) is 3.66. The molecule has 0 aliphatic carbocycles. The lowest BCUT2D eigenvalue weighted by Crippen LogP contribution is -2.35. The lowest BCUT2D eigenvalue weighted by molar-refractivity contribution is 0.0341. The van der Waals surface area contributed by atoms with Gasteiger partial charge in [0.15, 0.2) is 0 Å². The van der Waals surface area contributed by atoms with Crippen molar-refractivity contribution in [2.24, 2.45) is 0 Å². The molecule has 28 heavy (non-hydrogen) atoms. The molecule has 1 aromatic heterocycles. The van der Waals surface area contributed by atoms with Gasteiger partial charge in [0.25, 0.3) is 5.91 Å². The minimum absolute atomic E-state index is 0.0922. The Hall–Kier alpha value is -2.50. The predicted molar refractivity (Wildman–Crippen MR) is 110 cm³/mol. The minimum atomic E-state index is 0.0922. The first-order chi connectivity index (χ1) is 13.7. The van der Waals surface area contributed by atoms with E-state index >= 15 is 0 Å². The van der Waals surface area contributed by atoms with Crippen LogP contribution in [0, 0.1) is 0 Å². The van der Waals surface area contributed by atoms with Gasteiger partial charge in [-0.15, -0.1) is 0 Å². The van der Waals surface area contributed by atoms with Gasteiger partial charge in [-0.25, -0.2) is 0 Å². The summed E-state index contributed by atoms with van der Waals surface area (Å²) in [5.41, 5.74) is 5.17. The summed E-state index contributed by atoms with van der Waals surface area (Å²) in [4.78, 5) is 21.8. The minimum Gasteiger partial charge on any atom is -0.379 e. The second-order valence-electron chi connectivity index (χ2n) is 7.57. The van der Waals surface area contributed by atoms with Crippen LogP contribution in [0.5, 0.6) is 0 Å². The van der Waals surface area contributed by atoms with Crippen LogP contribution < -0.4 is 0 Å². The summed E-state index contributed by atoms with van der Waals surface area (Å²) in [7, 11) is 0. The van der Waals surface area contributed by atoms with Crippen molar-refractivity contribution in [3.63, 3.8) is 0 Å². The first kappa shape index (κ1) is 18.8. The SMILES string of the molecule is CC1=CCN(C(=O)c2cccc(-c3ccc(CN4CCOCC4)cn3)c2)CC1. The Bertz CT molecular complexity index is 854. The van der Waals surface area contributed by atoms with Crippen LogP contribution in [0.2, 0.25) is 0 Å². The molecule has 0 N–H and O–H groups in total. The lowest BCUT2D eigenvalue weighted by atomic mass is 10.0. The molecular weight excluding hydrogens is 350 g/mol. The van der Waals surface area contributed by atoms with Gasteiger partial charge >= 0.3 is 0 Å². The van der Waals surface area contributed by atoms with Crippen molar-refractivity contribution in [1.82, 2.24) is 14.8 Å². The number of nitrogens with zero attached hydrogens (tertiary/aromatic N) is 3. The first-order valence-corrected chi connectivity index (χ1v) is 9.99. The molecule has 146 valence electrons. The third-order valence-electron chi connectivity index (χ3n) is 5.46. The van der Waals surface area contributed by atoms with E-state index in [1.807, 2.05) is 41.4 Å². The van der Waals surface area contributed by atoms with Gasteiger partial charge in [0, 0.05) is 50.0 Å². The molecule has 0 atom stereocenters. The van der Waals surface area contributed by atoms with Crippen molar-refractivity contribution >= 4 is 5.91 Å². The second-order valence-corrected chi connectivity index (χ2v) is 7.57. The number of ether oxygens (including phenoxy) is 1. The van der Waals surface area contributed by atoms with Crippen LogP contribution in [0.15, 0.2) is 54.2 Å². The molecule has 5 heteroatoms. The second kappa shape index (κ2) is 8.67. The van der Waals surface area contributed by atoms with Gasteiger partial charge in [-0.1, -0.05) is 29.8 Å². The summed E-state index contributed by atoms with van der Waals surface area (Å²) in [5.74, 6) is 0.0922. The summed E-state index contributed by atoms with van der Waals surface area (Å²) in [5, 5.41) is 0. The largest absolute Gasteiger partial charge is 0.379 e. The van der Waals surface area contributed by atoms with Gasteiger partial charge in [0.05, 0.1) is 18.9 Å². The van der Waals surface area contributed by atoms with E-state index in [1.165, 1.54) is 11.1 Å². The van der Waals surface area contributed by atoms with Gasteiger partial charge < -0.3 is 9.64 Å². The number of hydrogen-bond acceptors (Lipinski definition) is 4. The summed E-state index contributed by atoms with van der Waals surface area (Å²) in [6.45, 7) is 8.06. The standard InChI is InChI=1S/C23H27N3O2/c1-18-7-9-26(10-8-18)23(27)21-4-2-3-20(15-21)22-6-5-19(16-24-22)17-25-11-13-28-14-12-25/h2-7,15-16H,8-14,17H2,1H3. The fourth-order valence-corrected chi connectivity index (χ4v) is 3.66. The molecule has 5 nitrogen and oxygen atoms in total. The van der Waals surface area contributed by atoms with E-state index in [4.69, 9.17) is 4.74 Å². The van der Waals surface area contributed by atoms with Crippen LogP contribution in [0.25, 0.3) is 11.3 Å². The third-order valence-corrected chi connectivity index (χ3v) is 5.46. The number of hydrogen-bond donors (Lipinski definition) is 0. The molecule has 0 radical (unpaired) electrons. The number of amides is 1. The average molecular weight is 377 g/mol. The maximum absolute atomic E-state index is 12.8. The van der Waals surface area contributed by atoms with Crippen LogP contribution in [-0.4, -0.2) is 60.1 Å². The zero-order chi connectivity index (χ0) is 19.3. The maximum atomic E-state index is 12.8. The molecule has 0 spiro atoms. The van der Waals surface area contributed by atoms with E-state index < -0.39 is 0 Å². The molecule has 0 bridgehead atoms. The van der Waals surface area contributed by atoms with Crippen molar-refractivity contribution in [3.05, 3.63) is 65.4 Å². The Balaban J connectivity index is 1.45. The highest BCUT2D eigenvalue weighted by Crippen LogP contribution is 2.21. The summed E-state index contributed by atoms with van der Waals surface area (Å²) >= 11 is 0. The zero-order valence-electron chi connectivity index (χ0n) is 16.4. The predicted octanol–water partition coefficient (Wildman–Crippen LogP) is 3.37. The highest BCUT2D eigenvalue weighted by atomic mass is 16.5. The smallest absolute Gasteiger partial charge is 0.254 e. The van der Waals surface area contributed by atoms with Gasteiger partial charge in [-0.2, -0.15) is 0 Å². The van der Waals surface area contributed by atoms with E-state index in [0.29, 0.717) is 6.54 Å². The van der Waals surface area contributed by atoms with Gasteiger partial charge in [-0.05, 0) is 37.1 Å². The Kier molecular flexibility index (Phi) is 5.84. The number of morpholine rings is 1. The van der Waals surface area contributed by atoms with Crippen molar-refractivity contribution in [2.75, 3.05) is 39.4 Å². The maximum Gasteiger partial charge on any atom is 0.254 e. The Morgan fingerprint density at radius 3 is 2.71 bits per heavy atom. The normalized spacial score (nSPS) is 18.0. The van der Waals surface area contributed by atoms with Crippen molar-refractivity contribution in [2.45, 2.75) is 19.9 Å². The van der Waals surface area contributed by atoms with Gasteiger partial charge in [-0.3, -0.25) is 14.7 Å². The monoisotopic (exact) mass is 377 g/mol. The number of benzene rings is 1. The summed E-state index contributed by atoms with van der Waals surface area (Å²) in [6.07, 6.45) is 5.04. The van der Waals surface area contributed by atoms with Crippen LogP contribution in [-0.2, 0) is 11.3 Å². The highest BCUT2D eigenvalue weighted by Gasteiger charge is 2.18. The lowest BCUT2D eigenvalue weighted by Gasteiger charge is -2.26. The summed E-state index contributed by atoms with van der Waals surface area (Å²) in [6, 6.07) is 12.0. The van der Waals surface area contributed by atoms with E-state index in [1.54, 1.807) is 0 Å². The number of pyridine rings is 1. The first-order valence-electron chi connectivity index (χ1n) is 9.99.